The average molecular weight is 283 g/mol. The van der Waals surface area contributed by atoms with E-state index < -0.39 is 6.10 Å². The van der Waals surface area contributed by atoms with Gasteiger partial charge in [0.25, 0.3) is 0 Å². The lowest BCUT2D eigenvalue weighted by atomic mass is 9.98. The zero-order chi connectivity index (χ0) is 14.8. The third-order valence-electron chi connectivity index (χ3n) is 3.68. The van der Waals surface area contributed by atoms with Gasteiger partial charge in [-0.15, -0.1) is 5.10 Å². The lowest BCUT2D eigenvalue weighted by Gasteiger charge is -2.13. The zero-order valence-electron chi connectivity index (χ0n) is 12.0. The summed E-state index contributed by atoms with van der Waals surface area (Å²) in [6.07, 6.45) is 1.46. The summed E-state index contributed by atoms with van der Waals surface area (Å²) < 4.78 is 6.88. The van der Waals surface area contributed by atoms with E-state index in [1.807, 2.05) is 30.3 Å². The summed E-state index contributed by atoms with van der Waals surface area (Å²) in [7, 11) is 3.43. The largest absolute Gasteiger partial charge is 0.497 e. The molecule has 5 nitrogen and oxygen atoms in total. The molecule has 0 aliphatic rings. The van der Waals surface area contributed by atoms with Gasteiger partial charge in [0.1, 0.15) is 11.9 Å². The van der Waals surface area contributed by atoms with Crippen LogP contribution in [0.15, 0.2) is 42.6 Å². The highest BCUT2D eigenvalue weighted by Gasteiger charge is 2.14. The molecule has 1 aromatic heterocycles. The molecule has 108 valence electrons. The Morgan fingerprint density at radius 1 is 1.29 bits per heavy atom. The highest BCUT2D eigenvalue weighted by Crippen LogP contribution is 2.27. The van der Waals surface area contributed by atoms with E-state index in [0.717, 1.165) is 22.1 Å². The number of benzene rings is 2. The van der Waals surface area contributed by atoms with E-state index in [2.05, 4.69) is 16.4 Å². The van der Waals surface area contributed by atoms with Crippen LogP contribution in [0.5, 0.6) is 5.75 Å². The van der Waals surface area contributed by atoms with Crippen LogP contribution in [0.1, 0.15) is 17.4 Å². The van der Waals surface area contributed by atoms with Crippen LogP contribution in [0.3, 0.4) is 0 Å². The molecule has 0 amide bonds. The van der Waals surface area contributed by atoms with Crippen molar-refractivity contribution in [2.24, 2.45) is 7.05 Å². The van der Waals surface area contributed by atoms with Crippen molar-refractivity contribution < 1.29 is 9.84 Å². The highest BCUT2D eigenvalue weighted by atomic mass is 16.5. The van der Waals surface area contributed by atoms with Crippen molar-refractivity contribution >= 4 is 10.8 Å². The summed E-state index contributed by atoms with van der Waals surface area (Å²) in [6.45, 7) is 0. The summed E-state index contributed by atoms with van der Waals surface area (Å²) in [5, 5.41) is 20.3. The molecule has 0 saturated carbocycles. The Morgan fingerprint density at radius 3 is 2.86 bits per heavy atom. The van der Waals surface area contributed by atoms with Crippen molar-refractivity contribution in [1.29, 1.82) is 0 Å². The fourth-order valence-corrected chi connectivity index (χ4v) is 2.53. The van der Waals surface area contributed by atoms with Crippen LogP contribution < -0.4 is 4.74 Å². The number of hydrogen-bond acceptors (Lipinski definition) is 4. The van der Waals surface area contributed by atoms with Crippen LogP contribution in [-0.4, -0.2) is 27.2 Å². The third kappa shape index (κ3) is 2.60. The molecule has 21 heavy (non-hydrogen) atoms. The van der Waals surface area contributed by atoms with Crippen molar-refractivity contribution in [2.45, 2.75) is 12.5 Å². The van der Waals surface area contributed by atoms with E-state index in [-0.39, 0.29) is 0 Å². The summed E-state index contributed by atoms with van der Waals surface area (Å²) in [6, 6.07) is 12.0. The van der Waals surface area contributed by atoms with E-state index in [4.69, 9.17) is 4.74 Å². The fraction of sp³-hybridized carbons (Fsp3) is 0.250. The molecule has 0 fully saturated rings. The number of rotatable bonds is 4. The maximum Gasteiger partial charge on any atom is 0.119 e. The van der Waals surface area contributed by atoms with E-state index in [0.29, 0.717) is 12.1 Å². The molecule has 5 heteroatoms. The second kappa shape index (κ2) is 5.54. The van der Waals surface area contributed by atoms with Gasteiger partial charge in [0.15, 0.2) is 0 Å². The lowest BCUT2D eigenvalue weighted by Crippen LogP contribution is -2.08. The smallest absolute Gasteiger partial charge is 0.119 e. The second-order valence-corrected chi connectivity index (χ2v) is 5.01. The van der Waals surface area contributed by atoms with Crippen LogP contribution in [0.25, 0.3) is 10.8 Å². The van der Waals surface area contributed by atoms with Gasteiger partial charge in [-0.25, -0.2) is 4.68 Å². The quantitative estimate of drug-likeness (QED) is 0.798. The first-order valence-corrected chi connectivity index (χ1v) is 6.77. The van der Waals surface area contributed by atoms with Gasteiger partial charge in [0, 0.05) is 13.5 Å². The van der Waals surface area contributed by atoms with Gasteiger partial charge >= 0.3 is 0 Å². The molecule has 0 aliphatic carbocycles. The number of nitrogens with zero attached hydrogens (tertiary/aromatic N) is 3. The summed E-state index contributed by atoms with van der Waals surface area (Å²) in [4.78, 5) is 0. The minimum Gasteiger partial charge on any atom is -0.497 e. The normalized spacial score (nSPS) is 12.5. The Kier molecular flexibility index (Phi) is 3.58. The van der Waals surface area contributed by atoms with Gasteiger partial charge < -0.3 is 9.84 Å². The number of ether oxygens (including phenoxy) is 1. The number of aliphatic hydroxyl groups is 1. The SMILES string of the molecule is COc1ccc2cccc(CC(O)c3cnnn3C)c2c1. The molecule has 0 saturated heterocycles. The second-order valence-electron chi connectivity index (χ2n) is 5.01. The molecule has 1 unspecified atom stereocenters. The van der Waals surface area contributed by atoms with Gasteiger partial charge in [0.2, 0.25) is 0 Å². The van der Waals surface area contributed by atoms with Crippen molar-refractivity contribution in [3.63, 3.8) is 0 Å². The van der Waals surface area contributed by atoms with Crippen LogP contribution >= 0.6 is 0 Å². The molecule has 0 spiro atoms. The molecular formula is C16H17N3O2. The van der Waals surface area contributed by atoms with E-state index in [9.17, 15) is 5.11 Å². The molecule has 2 aromatic carbocycles. The van der Waals surface area contributed by atoms with Gasteiger partial charge in [-0.2, -0.15) is 0 Å². The number of hydrogen-bond donors (Lipinski definition) is 1. The Balaban J connectivity index is 1.98. The first-order chi connectivity index (χ1) is 10.2. The molecule has 1 heterocycles. The summed E-state index contributed by atoms with van der Waals surface area (Å²) in [5.41, 5.74) is 1.77. The van der Waals surface area contributed by atoms with Crippen molar-refractivity contribution in [3.8, 4) is 5.75 Å². The minimum atomic E-state index is -0.637. The summed E-state index contributed by atoms with van der Waals surface area (Å²) in [5.74, 6) is 0.812. The van der Waals surface area contributed by atoms with Crippen LogP contribution in [0, 0.1) is 0 Å². The van der Waals surface area contributed by atoms with Gasteiger partial charge in [-0.3, -0.25) is 0 Å². The Labute approximate surface area is 122 Å². The lowest BCUT2D eigenvalue weighted by molar-refractivity contribution is 0.169. The van der Waals surface area contributed by atoms with E-state index in [1.54, 1.807) is 25.0 Å². The fourth-order valence-electron chi connectivity index (χ4n) is 2.53. The zero-order valence-corrected chi connectivity index (χ0v) is 12.0. The van der Waals surface area contributed by atoms with Crippen LogP contribution in [0.4, 0.5) is 0 Å². The van der Waals surface area contributed by atoms with E-state index >= 15 is 0 Å². The van der Waals surface area contributed by atoms with E-state index in [1.165, 1.54) is 0 Å². The molecule has 0 bridgehead atoms. The highest BCUT2D eigenvalue weighted by molar-refractivity contribution is 5.87. The number of fused-ring (bicyclic) bond motifs is 1. The maximum absolute atomic E-state index is 10.4. The number of aliphatic hydroxyl groups excluding tert-OH is 1. The Morgan fingerprint density at radius 2 is 2.14 bits per heavy atom. The van der Waals surface area contributed by atoms with Crippen molar-refractivity contribution in [2.75, 3.05) is 7.11 Å². The predicted octanol–water partition coefficient (Wildman–Crippen LogP) is 2.25. The van der Waals surface area contributed by atoms with Crippen LogP contribution in [-0.2, 0) is 13.5 Å². The van der Waals surface area contributed by atoms with Crippen LogP contribution in [0.2, 0.25) is 0 Å². The Hall–Kier alpha value is -2.40. The molecule has 3 rings (SSSR count). The topological polar surface area (TPSA) is 60.2 Å². The minimum absolute atomic E-state index is 0.506. The molecule has 0 aliphatic heterocycles. The summed E-state index contributed by atoms with van der Waals surface area (Å²) >= 11 is 0. The molecule has 3 aromatic rings. The van der Waals surface area contributed by atoms with Crippen molar-refractivity contribution in [3.05, 3.63) is 53.9 Å². The molecule has 1 atom stereocenters. The number of aromatic nitrogens is 3. The standard InChI is InChI=1S/C16H17N3O2/c1-19-15(10-17-18-19)16(20)8-12-5-3-4-11-6-7-13(21-2)9-14(11)12/h3-7,9-10,16,20H,8H2,1-2H3. The molecular weight excluding hydrogens is 266 g/mol. The predicted molar refractivity (Wildman–Crippen MR) is 80.2 cm³/mol. The molecule has 1 N–H and O–H groups in total. The monoisotopic (exact) mass is 283 g/mol. The maximum atomic E-state index is 10.4. The number of aryl methyl sites for hydroxylation is 1. The molecule has 0 radical (unpaired) electrons. The first kappa shape index (κ1) is 13.6. The van der Waals surface area contributed by atoms with Gasteiger partial charge in [0.05, 0.1) is 19.0 Å². The first-order valence-electron chi connectivity index (χ1n) is 6.77. The number of methoxy groups -OCH3 is 1. The Bertz CT molecular complexity index is 767. The average Bonchev–Trinajstić information content (AvgIpc) is 2.93. The van der Waals surface area contributed by atoms with Crippen molar-refractivity contribution in [1.82, 2.24) is 15.0 Å². The van der Waals surface area contributed by atoms with Gasteiger partial charge in [-0.1, -0.05) is 29.5 Å². The third-order valence-corrected chi connectivity index (χ3v) is 3.68. The van der Waals surface area contributed by atoms with Gasteiger partial charge in [-0.05, 0) is 28.5 Å².